The van der Waals surface area contributed by atoms with Crippen molar-refractivity contribution in [3.8, 4) is 0 Å². The lowest BCUT2D eigenvalue weighted by molar-refractivity contribution is 0.667. The first-order valence-electron chi connectivity index (χ1n) is 4.03. The molecule has 0 amide bonds. The van der Waals surface area contributed by atoms with Crippen molar-refractivity contribution in [3.05, 3.63) is 27.8 Å². The maximum atomic E-state index is 5.94. The van der Waals surface area contributed by atoms with E-state index in [-0.39, 0.29) is 0 Å². The molecule has 0 aliphatic carbocycles. The predicted octanol–water partition coefficient (Wildman–Crippen LogP) is 3.47. The van der Waals surface area contributed by atoms with Gasteiger partial charge < -0.3 is 0 Å². The summed E-state index contributed by atoms with van der Waals surface area (Å²) in [7, 11) is 0. The second kappa shape index (κ2) is 3.31. The Kier molecular flexibility index (Phi) is 2.30. The third-order valence-electron chi connectivity index (χ3n) is 1.94. The first-order chi connectivity index (χ1) is 6.22. The third-order valence-corrected chi connectivity index (χ3v) is 3.29. The number of nitrogens with zero attached hydrogens (tertiary/aromatic N) is 2. The van der Waals surface area contributed by atoms with E-state index in [2.05, 4.69) is 28.0 Å². The Morgan fingerprint density at radius 3 is 3.00 bits per heavy atom. The molecule has 4 heteroatoms. The van der Waals surface area contributed by atoms with Crippen LogP contribution in [0.15, 0.2) is 22.8 Å². The molecule has 0 radical (unpaired) electrons. The topological polar surface area (TPSA) is 17.8 Å². The van der Waals surface area contributed by atoms with E-state index in [9.17, 15) is 0 Å². The summed E-state index contributed by atoms with van der Waals surface area (Å²) in [5.74, 6) is 0. The molecule has 0 aliphatic rings. The van der Waals surface area contributed by atoms with Crippen molar-refractivity contribution >= 4 is 38.4 Å². The molecule has 0 spiro atoms. The highest BCUT2D eigenvalue weighted by Gasteiger charge is 2.06. The average Bonchev–Trinajstić information content (AvgIpc) is 2.55. The van der Waals surface area contributed by atoms with Gasteiger partial charge in [-0.15, -0.1) is 0 Å². The zero-order valence-electron chi connectivity index (χ0n) is 7.09. The summed E-state index contributed by atoms with van der Waals surface area (Å²) in [5.41, 5.74) is 0.925. The van der Waals surface area contributed by atoms with Gasteiger partial charge in [-0.2, -0.15) is 5.10 Å². The van der Waals surface area contributed by atoms with E-state index in [0.717, 1.165) is 21.9 Å². The number of aryl methyl sites for hydroxylation is 1. The van der Waals surface area contributed by atoms with E-state index >= 15 is 0 Å². The maximum Gasteiger partial charge on any atom is 0.108 e. The molecule has 0 N–H and O–H groups in total. The molecule has 2 nitrogen and oxygen atoms in total. The van der Waals surface area contributed by atoms with E-state index < -0.39 is 0 Å². The van der Waals surface area contributed by atoms with Gasteiger partial charge in [0, 0.05) is 18.1 Å². The van der Waals surface area contributed by atoms with Gasteiger partial charge in [0.05, 0.1) is 9.50 Å². The van der Waals surface area contributed by atoms with Gasteiger partial charge in [-0.1, -0.05) is 11.6 Å². The lowest BCUT2D eigenvalue weighted by Crippen LogP contribution is -1.92. The van der Waals surface area contributed by atoms with E-state index in [4.69, 9.17) is 11.6 Å². The van der Waals surface area contributed by atoms with Crippen LogP contribution in [0.4, 0.5) is 0 Å². The summed E-state index contributed by atoms with van der Waals surface area (Å²) in [6, 6.07) is 3.84. The summed E-state index contributed by atoms with van der Waals surface area (Å²) in [6.45, 7) is 2.93. The van der Waals surface area contributed by atoms with Gasteiger partial charge in [0.2, 0.25) is 0 Å². The van der Waals surface area contributed by atoms with Crippen LogP contribution in [0, 0.1) is 0 Å². The summed E-state index contributed by atoms with van der Waals surface area (Å²) in [6.07, 6.45) is 2.01. The van der Waals surface area contributed by atoms with Crippen molar-refractivity contribution in [3.63, 3.8) is 0 Å². The maximum absolute atomic E-state index is 5.94. The fourth-order valence-electron chi connectivity index (χ4n) is 1.24. The summed E-state index contributed by atoms with van der Waals surface area (Å²) < 4.78 is 2.77. The lowest BCUT2D eigenvalue weighted by atomic mass is 10.3. The molecule has 0 bridgehead atoms. The van der Waals surface area contributed by atoms with Crippen molar-refractivity contribution in [2.45, 2.75) is 13.5 Å². The number of benzene rings is 1. The fourth-order valence-corrected chi connectivity index (χ4v) is 1.83. The molecule has 0 saturated heterocycles. The molecule has 0 atom stereocenters. The van der Waals surface area contributed by atoms with Crippen LogP contribution >= 0.6 is 27.5 Å². The molecule has 0 saturated carbocycles. The number of aromatic nitrogens is 2. The Morgan fingerprint density at radius 2 is 2.31 bits per heavy atom. The van der Waals surface area contributed by atoms with Gasteiger partial charge in [-0.3, -0.25) is 4.68 Å². The van der Waals surface area contributed by atoms with Crippen molar-refractivity contribution in [2.24, 2.45) is 0 Å². The Morgan fingerprint density at radius 1 is 1.54 bits per heavy atom. The Balaban J connectivity index is 2.76. The van der Waals surface area contributed by atoms with Crippen molar-refractivity contribution in [1.82, 2.24) is 9.78 Å². The quantitative estimate of drug-likeness (QED) is 0.767. The molecule has 13 heavy (non-hydrogen) atoms. The minimum absolute atomic E-state index is 0.703. The SMILES string of the molecule is CCn1cc2ccc(Cl)c(Br)c2n1. The predicted molar refractivity (Wildman–Crippen MR) is 58.1 cm³/mol. The number of fused-ring (bicyclic) bond motifs is 1. The first kappa shape index (κ1) is 9.03. The van der Waals surface area contributed by atoms with Crippen molar-refractivity contribution in [1.29, 1.82) is 0 Å². The van der Waals surface area contributed by atoms with Crippen LogP contribution in [0.1, 0.15) is 6.92 Å². The molecule has 1 aromatic carbocycles. The standard InChI is InChI=1S/C9H8BrClN2/c1-2-13-5-6-3-4-7(11)8(10)9(6)12-13/h3-5H,2H2,1H3. The normalized spacial score (nSPS) is 11.0. The van der Waals surface area contributed by atoms with Crippen LogP contribution < -0.4 is 0 Å². The molecule has 2 aromatic rings. The molecule has 1 heterocycles. The second-order valence-electron chi connectivity index (χ2n) is 2.78. The van der Waals surface area contributed by atoms with Crippen LogP contribution in [-0.4, -0.2) is 9.78 Å². The average molecular weight is 260 g/mol. The Bertz CT molecular complexity index is 450. The Labute approximate surface area is 89.6 Å². The Hall–Kier alpha value is -0.540. The lowest BCUT2D eigenvalue weighted by Gasteiger charge is -1.94. The molecule has 2 rings (SSSR count). The summed E-state index contributed by atoms with van der Waals surface area (Å²) in [4.78, 5) is 0. The molecular weight excluding hydrogens is 251 g/mol. The molecule has 0 fully saturated rings. The minimum atomic E-state index is 0.703. The van der Waals surface area contributed by atoms with Crippen molar-refractivity contribution < 1.29 is 0 Å². The molecular formula is C9H8BrClN2. The van der Waals surface area contributed by atoms with Gasteiger partial charge >= 0.3 is 0 Å². The van der Waals surface area contributed by atoms with E-state index in [0.29, 0.717) is 5.02 Å². The number of halogens is 2. The summed E-state index contributed by atoms with van der Waals surface area (Å²) >= 11 is 9.36. The second-order valence-corrected chi connectivity index (χ2v) is 3.98. The van der Waals surface area contributed by atoms with Crippen LogP contribution in [-0.2, 0) is 6.54 Å². The smallest absolute Gasteiger partial charge is 0.108 e. The van der Waals surface area contributed by atoms with Crippen LogP contribution in [0.25, 0.3) is 10.9 Å². The highest BCUT2D eigenvalue weighted by Crippen LogP contribution is 2.29. The summed E-state index contributed by atoms with van der Waals surface area (Å²) in [5, 5.41) is 6.19. The van der Waals surface area contributed by atoms with Gasteiger partial charge in [0.25, 0.3) is 0 Å². The highest BCUT2D eigenvalue weighted by molar-refractivity contribution is 9.10. The third kappa shape index (κ3) is 1.46. The van der Waals surface area contributed by atoms with E-state index in [1.807, 2.05) is 23.0 Å². The van der Waals surface area contributed by atoms with Crippen LogP contribution in [0.3, 0.4) is 0 Å². The van der Waals surface area contributed by atoms with Crippen LogP contribution in [0.2, 0.25) is 5.02 Å². The van der Waals surface area contributed by atoms with Crippen LogP contribution in [0.5, 0.6) is 0 Å². The zero-order chi connectivity index (χ0) is 9.42. The van der Waals surface area contributed by atoms with Gasteiger partial charge in [-0.05, 0) is 35.0 Å². The van der Waals surface area contributed by atoms with E-state index in [1.54, 1.807) is 0 Å². The molecule has 0 unspecified atom stereocenters. The van der Waals surface area contributed by atoms with Gasteiger partial charge in [0.1, 0.15) is 5.52 Å². The molecule has 1 aromatic heterocycles. The number of rotatable bonds is 1. The van der Waals surface area contributed by atoms with E-state index in [1.165, 1.54) is 0 Å². The largest absolute Gasteiger partial charge is 0.272 e. The number of hydrogen-bond acceptors (Lipinski definition) is 1. The zero-order valence-corrected chi connectivity index (χ0v) is 9.43. The molecule has 0 aliphatic heterocycles. The monoisotopic (exact) mass is 258 g/mol. The molecule has 68 valence electrons. The van der Waals surface area contributed by atoms with Crippen molar-refractivity contribution in [2.75, 3.05) is 0 Å². The minimum Gasteiger partial charge on any atom is -0.272 e. The number of hydrogen-bond donors (Lipinski definition) is 0. The van der Waals surface area contributed by atoms with Gasteiger partial charge in [-0.25, -0.2) is 0 Å². The highest BCUT2D eigenvalue weighted by atomic mass is 79.9. The van der Waals surface area contributed by atoms with Gasteiger partial charge in [0.15, 0.2) is 0 Å². The first-order valence-corrected chi connectivity index (χ1v) is 5.20. The fraction of sp³-hybridized carbons (Fsp3) is 0.222.